The van der Waals surface area contributed by atoms with E-state index >= 15 is 0 Å². The number of nitrogens with one attached hydrogen (secondary N) is 1. The highest BCUT2D eigenvalue weighted by Gasteiger charge is 2.13. The molecule has 0 saturated carbocycles. The maximum absolute atomic E-state index is 12.2. The predicted octanol–water partition coefficient (Wildman–Crippen LogP) is 4.98. The van der Waals surface area contributed by atoms with Crippen LogP contribution in [0.2, 0.25) is 10.0 Å². The fourth-order valence-corrected chi connectivity index (χ4v) is 3.82. The van der Waals surface area contributed by atoms with Crippen LogP contribution in [0, 0.1) is 0 Å². The van der Waals surface area contributed by atoms with Crippen LogP contribution in [0.15, 0.2) is 52.4 Å². The summed E-state index contributed by atoms with van der Waals surface area (Å²) in [7, 11) is 3.15. The van der Waals surface area contributed by atoms with Crippen LogP contribution in [-0.4, -0.2) is 24.2 Å². The van der Waals surface area contributed by atoms with Gasteiger partial charge in [-0.2, -0.15) is 0 Å². The predicted molar refractivity (Wildman–Crippen MR) is 113 cm³/mol. The zero-order valence-corrected chi connectivity index (χ0v) is 17.6. The van der Waals surface area contributed by atoms with Crippen molar-refractivity contribution in [3.05, 3.63) is 79.7 Å². The van der Waals surface area contributed by atoms with Crippen LogP contribution >= 0.6 is 35.0 Å². The van der Waals surface area contributed by atoms with E-state index in [1.165, 1.54) is 11.8 Å². The molecule has 0 unspecified atom stereocenters. The maximum atomic E-state index is 12.2. The Hall–Kier alpha value is -2.15. The highest BCUT2D eigenvalue weighted by molar-refractivity contribution is 7.98. The van der Waals surface area contributed by atoms with Crippen molar-refractivity contribution in [2.75, 3.05) is 14.2 Å². The van der Waals surface area contributed by atoms with E-state index in [1.807, 2.05) is 42.5 Å². The molecule has 2 aromatic carbocycles. The van der Waals surface area contributed by atoms with Crippen LogP contribution in [0.5, 0.6) is 11.5 Å². The molecule has 0 spiro atoms. The van der Waals surface area contributed by atoms with Gasteiger partial charge >= 0.3 is 0 Å². The van der Waals surface area contributed by atoms with Crippen molar-refractivity contribution in [3.8, 4) is 11.5 Å². The maximum Gasteiger partial charge on any atom is 0.270 e. The molecule has 0 radical (unpaired) electrons. The minimum atomic E-state index is -0.360. The van der Waals surface area contributed by atoms with Gasteiger partial charge in [0.1, 0.15) is 5.02 Å². The summed E-state index contributed by atoms with van der Waals surface area (Å²) in [6, 6.07) is 13.1. The number of aromatic nitrogens is 2. The topological polar surface area (TPSA) is 64.2 Å². The molecule has 146 valence electrons. The first-order chi connectivity index (χ1) is 13.5. The van der Waals surface area contributed by atoms with Crippen molar-refractivity contribution >= 4 is 35.0 Å². The number of thioether (sulfide) groups is 1. The first-order valence-electron chi connectivity index (χ1n) is 8.37. The third-order valence-corrected chi connectivity index (χ3v) is 5.56. The van der Waals surface area contributed by atoms with Gasteiger partial charge in [0.05, 0.1) is 19.9 Å². The molecule has 0 bridgehead atoms. The van der Waals surface area contributed by atoms with E-state index in [2.05, 4.69) is 9.97 Å². The summed E-state index contributed by atoms with van der Waals surface area (Å²) < 4.78 is 10.6. The van der Waals surface area contributed by atoms with Gasteiger partial charge in [0, 0.05) is 17.2 Å². The summed E-state index contributed by atoms with van der Waals surface area (Å²) in [5.41, 5.74) is 2.09. The number of methoxy groups -OCH3 is 2. The second kappa shape index (κ2) is 9.37. The molecule has 0 aliphatic rings. The molecule has 0 aliphatic heterocycles. The molecule has 0 amide bonds. The van der Waals surface area contributed by atoms with Gasteiger partial charge in [0.25, 0.3) is 5.56 Å². The minimum Gasteiger partial charge on any atom is -0.493 e. The summed E-state index contributed by atoms with van der Waals surface area (Å²) in [5.74, 6) is 1.87. The fraction of sp³-hybridized carbons (Fsp3) is 0.200. The average Bonchev–Trinajstić information content (AvgIpc) is 2.70. The Labute approximate surface area is 177 Å². The van der Waals surface area contributed by atoms with Crippen molar-refractivity contribution in [2.45, 2.75) is 17.3 Å². The summed E-state index contributed by atoms with van der Waals surface area (Å²) in [6.45, 7) is 0. The SMILES string of the molecule is COc1ccc(Cc2nc(SCc3cccc(Cl)c3)[nH]c(=O)c2Cl)cc1OC. The molecule has 5 nitrogen and oxygen atoms in total. The molecule has 0 aliphatic carbocycles. The van der Waals surface area contributed by atoms with E-state index in [1.54, 1.807) is 14.2 Å². The van der Waals surface area contributed by atoms with Crippen molar-refractivity contribution in [1.29, 1.82) is 0 Å². The number of aromatic amines is 1. The zero-order chi connectivity index (χ0) is 20.1. The van der Waals surface area contributed by atoms with Gasteiger partial charge in [-0.05, 0) is 35.4 Å². The van der Waals surface area contributed by atoms with Gasteiger partial charge in [-0.25, -0.2) is 4.98 Å². The number of rotatable bonds is 7. The normalized spacial score (nSPS) is 10.7. The molecule has 1 heterocycles. The minimum absolute atomic E-state index is 0.0851. The first kappa shape index (κ1) is 20.6. The van der Waals surface area contributed by atoms with Crippen LogP contribution in [-0.2, 0) is 12.2 Å². The van der Waals surface area contributed by atoms with Crippen LogP contribution in [0.4, 0.5) is 0 Å². The smallest absolute Gasteiger partial charge is 0.270 e. The van der Waals surface area contributed by atoms with Gasteiger partial charge in [0.2, 0.25) is 0 Å². The highest BCUT2D eigenvalue weighted by atomic mass is 35.5. The summed E-state index contributed by atoms with van der Waals surface area (Å²) in [4.78, 5) is 19.5. The molecule has 1 N–H and O–H groups in total. The Kier molecular flexibility index (Phi) is 6.88. The van der Waals surface area contributed by atoms with E-state index in [4.69, 9.17) is 32.7 Å². The lowest BCUT2D eigenvalue weighted by molar-refractivity contribution is 0.354. The molecule has 3 aromatic rings. The second-order valence-corrected chi connectivity index (χ2v) is 7.69. The number of halogens is 2. The molecule has 3 rings (SSSR count). The summed E-state index contributed by atoms with van der Waals surface area (Å²) in [6.07, 6.45) is 0.397. The van der Waals surface area contributed by atoms with E-state index in [9.17, 15) is 4.79 Å². The largest absolute Gasteiger partial charge is 0.493 e. The van der Waals surface area contributed by atoms with Crippen LogP contribution in [0.1, 0.15) is 16.8 Å². The molecule has 8 heteroatoms. The fourth-order valence-electron chi connectivity index (χ4n) is 2.63. The Morgan fingerprint density at radius 3 is 2.54 bits per heavy atom. The third-order valence-electron chi connectivity index (χ3n) is 3.99. The number of H-pyrrole nitrogens is 1. The molecule has 0 saturated heterocycles. The Balaban J connectivity index is 1.82. The van der Waals surface area contributed by atoms with Crippen LogP contribution in [0.25, 0.3) is 0 Å². The number of ether oxygens (including phenoxy) is 2. The average molecular weight is 437 g/mol. The number of nitrogens with zero attached hydrogens (tertiary/aromatic N) is 1. The Morgan fingerprint density at radius 1 is 1.04 bits per heavy atom. The standard InChI is InChI=1S/C20H18Cl2N2O3S/c1-26-16-7-6-12(10-17(16)27-2)9-15-18(22)19(25)24-20(23-15)28-11-13-4-3-5-14(21)8-13/h3-8,10H,9,11H2,1-2H3,(H,23,24,25). The molecule has 28 heavy (non-hydrogen) atoms. The zero-order valence-electron chi connectivity index (χ0n) is 15.3. The second-order valence-electron chi connectivity index (χ2n) is 5.92. The Bertz CT molecular complexity index is 1040. The van der Waals surface area contributed by atoms with Gasteiger partial charge in [-0.1, -0.05) is 53.2 Å². The van der Waals surface area contributed by atoms with Crippen molar-refractivity contribution in [3.63, 3.8) is 0 Å². The molecular weight excluding hydrogens is 419 g/mol. The van der Waals surface area contributed by atoms with Gasteiger partial charge < -0.3 is 14.5 Å². The van der Waals surface area contributed by atoms with E-state index < -0.39 is 0 Å². The summed E-state index contributed by atoms with van der Waals surface area (Å²) in [5, 5.41) is 1.26. The monoisotopic (exact) mass is 436 g/mol. The van der Waals surface area contributed by atoms with E-state index in [0.717, 1.165) is 11.1 Å². The van der Waals surface area contributed by atoms with E-state index in [-0.39, 0.29) is 10.6 Å². The third kappa shape index (κ3) is 5.01. The molecule has 1 aromatic heterocycles. The van der Waals surface area contributed by atoms with Gasteiger partial charge in [-0.15, -0.1) is 0 Å². The lowest BCUT2D eigenvalue weighted by Crippen LogP contribution is -2.13. The lowest BCUT2D eigenvalue weighted by Gasteiger charge is -2.10. The number of hydrogen-bond donors (Lipinski definition) is 1. The van der Waals surface area contributed by atoms with Crippen molar-refractivity contribution in [2.24, 2.45) is 0 Å². The lowest BCUT2D eigenvalue weighted by atomic mass is 10.1. The van der Waals surface area contributed by atoms with Crippen LogP contribution < -0.4 is 15.0 Å². The summed E-state index contributed by atoms with van der Waals surface area (Å²) >= 11 is 13.6. The van der Waals surface area contributed by atoms with Crippen molar-refractivity contribution in [1.82, 2.24) is 9.97 Å². The quantitative estimate of drug-likeness (QED) is 0.417. The first-order valence-corrected chi connectivity index (χ1v) is 10.1. The molecular formula is C20H18Cl2N2O3S. The Morgan fingerprint density at radius 2 is 1.82 bits per heavy atom. The van der Waals surface area contributed by atoms with Gasteiger partial charge in [0.15, 0.2) is 16.7 Å². The van der Waals surface area contributed by atoms with E-state index in [0.29, 0.717) is 39.5 Å². The number of hydrogen-bond acceptors (Lipinski definition) is 5. The highest BCUT2D eigenvalue weighted by Crippen LogP contribution is 2.29. The molecule has 0 fully saturated rings. The van der Waals surface area contributed by atoms with Gasteiger partial charge in [-0.3, -0.25) is 4.79 Å². The molecule has 0 atom stereocenters. The van der Waals surface area contributed by atoms with Crippen LogP contribution in [0.3, 0.4) is 0 Å². The number of benzene rings is 2. The van der Waals surface area contributed by atoms with Crippen molar-refractivity contribution < 1.29 is 9.47 Å².